The van der Waals surface area contributed by atoms with Gasteiger partial charge in [-0.1, -0.05) is 63.3 Å². The van der Waals surface area contributed by atoms with Crippen LogP contribution in [-0.2, 0) is 17.6 Å². The molecule has 4 aromatic rings. The van der Waals surface area contributed by atoms with E-state index in [9.17, 15) is 9.59 Å². The molecule has 1 N–H and O–H groups in total. The molecular weight excluding hydrogens is 464 g/mol. The molecule has 0 unspecified atom stereocenters. The van der Waals surface area contributed by atoms with Crippen LogP contribution >= 0.6 is 23.1 Å². The number of hydrogen-bond donors (Lipinski definition) is 1. The molecule has 0 spiro atoms. The molecule has 2 aromatic heterocycles. The standard InChI is InChI=1S/C26H28N4O2S2/c1-5-8-22-29-30-23(31)15-19(27-25(30)34-22)16-33-21-10-7-6-9-20(21)28-24(32)17-11-13-18(14-12-17)26(2,3)4/h6-7,9-15H,5,8,16H2,1-4H3,(H,28,32). The molecule has 0 aliphatic heterocycles. The lowest BCUT2D eigenvalue weighted by molar-refractivity contribution is 0.102. The van der Waals surface area contributed by atoms with E-state index >= 15 is 0 Å². The van der Waals surface area contributed by atoms with Gasteiger partial charge in [0.2, 0.25) is 4.96 Å². The Morgan fingerprint density at radius 1 is 1.12 bits per heavy atom. The smallest absolute Gasteiger partial charge is 0.275 e. The first-order chi connectivity index (χ1) is 16.2. The fraction of sp³-hybridized carbons (Fsp3) is 0.308. The Bertz CT molecular complexity index is 1370. The maximum atomic E-state index is 12.9. The minimum atomic E-state index is -0.167. The molecule has 34 heavy (non-hydrogen) atoms. The maximum absolute atomic E-state index is 12.9. The highest BCUT2D eigenvalue weighted by atomic mass is 32.2. The van der Waals surface area contributed by atoms with Crippen molar-refractivity contribution in [2.75, 3.05) is 5.32 Å². The Kier molecular flexibility index (Phi) is 7.19. The highest BCUT2D eigenvalue weighted by Crippen LogP contribution is 2.30. The van der Waals surface area contributed by atoms with Gasteiger partial charge < -0.3 is 5.32 Å². The molecule has 0 atom stereocenters. The predicted molar refractivity (Wildman–Crippen MR) is 140 cm³/mol. The van der Waals surface area contributed by atoms with Crippen LogP contribution in [0.15, 0.2) is 64.3 Å². The first-order valence-electron chi connectivity index (χ1n) is 11.3. The van der Waals surface area contributed by atoms with Gasteiger partial charge in [-0.25, -0.2) is 4.98 Å². The summed E-state index contributed by atoms with van der Waals surface area (Å²) in [6.45, 7) is 8.53. The predicted octanol–water partition coefficient (Wildman–Crippen LogP) is 5.95. The lowest BCUT2D eigenvalue weighted by Gasteiger charge is -2.19. The third-order valence-corrected chi connectivity index (χ3v) is 7.40. The molecule has 4 rings (SSSR count). The number of nitrogens with one attached hydrogen (secondary N) is 1. The largest absolute Gasteiger partial charge is 0.321 e. The molecule has 176 valence electrons. The molecule has 0 fully saturated rings. The second-order valence-electron chi connectivity index (χ2n) is 9.09. The Morgan fingerprint density at radius 2 is 1.85 bits per heavy atom. The molecule has 0 bridgehead atoms. The zero-order valence-electron chi connectivity index (χ0n) is 19.8. The first-order valence-corrected chi connectivity index (χ1v) is 13.1. The van der Waals surface area contributed by atoms with Crippen molar-refractivity contribution in [1.82, 2.24) is 14.6 Å². The average Bonchev–Trinajstić information content (AvgIpc) is 3.21. The van der Waals surface area contributed by atoms with E-state index in [4.69, 9.17) is 0 Å². The van der Waals surface area contributed by atoms with Crippen molar-refractivity contribution in [3.05, 3.63) is 86.8 Å². The molecule has 0 saturated heterocycles. The van der Waals surface area contributed by atoms with Crippen LogP contribution in [0.5, 0.6) is 0 Å². The fourth-order valence-corrected chi connectivity index (χ4v) is 5.37. The van der Waals surface area contributed by atoms with Gasteiger partial charge in [0.05, 0.1) is 11.4 Å². The fourth-order valence-electron chi connectivity index (χ4n) is 3.45. The number of fused-ring (bicyclic) bond motifs is 1. The minimum Gasteiger partial charge on any atom is -0.321 e. The number of aryl methyl sites for hydroxylation is 1. The maximum Gasteiger partial charge on any atom is 0.275 e. The van der Waals surface area contributed by atoms with Crippen LogP contribution in [-0.4, -0.2) is 20.5 Å². The van der Waals surface area contributed by atoms with Crippen LogP contribution in [0.4, 0.5) is 5.69 Å². The molecular formula is C26H28N4O2S2. The van der Waals surface area contributed by atoms with Crippen molar-refractivity contribution in [2.24, 2.45) is 0 Å². The first kappa shape index (κ1) is 24.2. The number of hydrogen-bond acceptors (Lipinski definition) is 6. The summed E-state index contributed by atoms with van der Waals surface area (Å²) in [6.07, 6.45) is 1.81. The van der Waals surface area contributed by atoms with Crippen molar-refractivity contribution >= 4 is 39.7 Å². The van der Waals surface area contributed by atoms with Crippen LogP contribution in [0.25, 0.3) is 4.96 Å². The topological polar surface area (TPSA) is 76.4 Å². The number of benzene rings is 2. The molecule has 0 aliphatic carbocycles. The van der Waals surface area contributed by atoms with Crippen molar-refractivity contribution in [2.45, 2.75) is 56.6 Å². The van der Waals surface area contributed by atoms with Gasteiger partial charge in [0, 0.05) is 28.7 Å². The van der Waals surface area contributed by atoms with Crippen LogP contribution < -0.4 is 10.9 Å². The summed E-state index contributed by atoms with van der Waals surface area (Å²) in [4.78, 5) is 31.5. The van der Waals surface area contributed by atoms with E-state index in [1.165, 1.54) is 39.2 Å². The molecule has 8 heteroatoms. The summed E-state index contributed by atoms with van der Waals surface area (Å²) >= 11 is 2.99. The Labute approximate surface area is 207 Å². The molecule has 0 saturated carbocycles. The van der Waals surface area contributed by atoms with Crippen molar-refractivity contribution in [3.63, 3.8) is 0 Å². The molecule has 0 aliphatic rings. The molecule has 2 heterocycles. The van der Waals surface area contributed by atoms with Crippen LogP contribution in [0.3, 0.4) is 0 Å². The van der Waals surface area contributed by atoms with E-state index in [0.29, 0.717) is 22.0 Å². The number of thioether (sulfide) groups is 1. The van der Waals surface area contributed by atoms with E-state index in [1.807, 2.05) is 48.5 Å². The number of para-hydroxylation sites is 1. The second-order valence-corrected chi connectivity index (χ2v) is 11.1. The SMILES string of the molecule is CCCc1nn2c(=O)cc(CSc3ccccc3NC(=O)c3ccc(C(C)(C)C)cc3)nc2s1. The monoisotopic (exact) mass is 492 g/mol. The number of aromatic nitrogens is 3. The number of rotatable bonds is 7. The van der Waals surface area contributed by atoms with Crippen LogP contribution in [0, 0.1) is 0 Å². The summed E-state index contributed by atoms with van der Waals surface area (Å²) in [7, 11) is 0. The van der Waals surface area contributed by atoms with E-state index in [-0.39, 0.29) is 16.9 Å². The van der Waals surface area contributed by atoms with Crippen molar-refractivity contribution < 1.29 is 4.79 Å². The number of anilines is 1. The summed E-state index contributed by atoms with van der Waals surface area (Å²) in [6, 6.07) is 16.9. The van der Waals surface area contributed by atoms with Crippen molar-refractivity contribution in [3.8, 4) is 0 Å². The zero-order chi connectivity index (χ0) is 24.3. The van der Waals surface area contributed by atoms with E-state index in [1.54, 1.807) is 0 Å². The van der Waals surface area contributed by atoms with E-state index in [0.717, 1.165) is 28.4 Å². The molecule has 2 aromatic carbocycles. The highest BCUT2D eigenvalue weighted by Gasteiger charge is 2.15. The van der Waals surface area contributed by atoms with Crippen molar-refractivity contribution in [1.29, 1.82) is 0 Å². The summed E-state index contributed by atoms with van der Waals surface area (Å²) in [5, 5.41) is 8.30. The number of amides is 1. The van der Waals surface area contributed by atoms with Gasteiger partial charge in [-0.15, -0.1) is 11.8 Å². The lowest BCUT2D eigenvalue weighted by atomic mass is 9.87. The van der Waals surface area contributed by atoms with Crippen LogP contribution in [0.2, 0.25) is 0 Å². The van der Waals surface area contributed by atoms with Gasteiger partial charge in [0.15, 0.2) is 0 Å². The lowest BCUT2D eigenvalue weighted by Crippen LogP contribution is -2.15. The van der Waals surface area contributed by atoms with Gasteiger partial charge in [0.25, 0.3) is 11.5 Å². The molecule has 0 radical (unpaired) electrons. The van der Waals surface area contributed by atoms with Crippen LogP contribution in [0.1, 0.15) is 60.7 Å². The van der Waals surface area contributed by atoms with E-state index in [2.05, 4.69) is 43.1 Å². The quantitative estimate of drug-likeness (QED) is 0.323. The number of nitrogens with zero attached hydrogens (tertiary/aromatic N) is 3. The van der Waals surface area contributed by atoms with Gasteiger partial charge in [0.1, 0.15) is 5.01 Å². The summed E-state index contributed by atoms with van der Waals surface area (Å²) in [5.74, 6) is 0.360. The van der Waals surface area contributed by atoms with Gasteiger partial charge in [-0.05, 0) is 41.7 Å². The number of carbonyl (C=O) groups excluding carboxylic acids is 1. The highest BCUT2D eigenvalue weighted by molar-refractivity contribution is 7.98. The second kappa shape index (κ2) is 10.1. The third-order valence-electron chi connectivity index (χ3n) is 5.33. The Balaban J connectivity index is 1.48. The Hall–Kier alpha value is -2.97. The zero-order valence-corrected chi connectivity index (χ0v) is 21.4. The minimum absolute atomic E-state index is 0.0362. The molecule has 1 amide bonds. The summed E-state index contributed by atoms with van der Waals surface area (Å²) < 4.78 is 1.38. The van der Waals surface area contributed by atoms with Gasteiger partial charge in [-0.3, -0.25) is 9.59 Å². The summed E-state index contributed by atoms with van der Waals surface area (Å²) in [5.41, 5.74) is 3.09. The normalized spacial score (nSPS) is 11.6. The van der Waals surface area contributed by atoms with Gasteiger partial charge >= 0.3 is 0 Å². The number of carbonyl (C=O) groups is 1. The average molecular weight is 493 g/mol. The van der Waals surface area contributed by atoms with E-state index < -0.39 is 0 Å². The third kappa shape index (κ3) is 5.56. The van der Waals surface area contributed by atoms with Gasteiger partial charge in [-0.2, -0.15) is 9.61 Å². The molecule has 6 nitrogen and oxygen atoms in total. The Morgan fingerprint density at radius 3 is 2.56 bits per heavy atom.